The fourth-order valence-corrected chi connectivity index (χ4v) is 5.05. The normalized spacial score (nSPS) is 11.1. The van der Waals surface area contributed by atoms with E-state index in [-0.39, 0.29) is 0 Å². The Kier molecular flexibility index (Phi) is 9.34. The first-order valence-corrected chi connectivity index (χ1v) is 11.2. The van der Waals surface area contributed by atoms with Gasteiger partial charge in [0.15, 0.2) is 0 Å². The number of unbranched alkanes of at least 4 members (excludes halogenated alkanes) is 4. The Balaban J connectivity index is 2.49. The van der Waals surface area contributed by atoms with Crippen molar-refractivity contribution < 1.29 is 14.6 Å². The molecule has 0 aliphatic carbocycles. The van der Waals surface area contributed by atoms with Crippen LogP contribution in [0.25, 0.3) is 0 Å². The standard InChI is InChI=1S/C20H30O3Si/c1-5-9-10-11-12-17-22-23-20(21)18-13-15-19(16-14-18)24(6-2,7-3)8-4/h6-7,13-16H,2-3,5,8-12,17H2,1,4H3. The molecule has 0 saturated carbocycles. The second-order valence-corrected chi connectivity index (χ2v) is 10.2. The summed E-state index contributed by atoms with van der Waals surface area (Å²) in [5.41, 5.74) is 4.54. The maximum absolute atomic E-state index is 12.0. The summed E-state index contributed by atoms with van der Waals surface area (Å²) in [5.74, 6) is -0.448. The lowest BCUT2D eigenvalue weighted by Gasteiger charge is -2.23. The van der Waals surface area contributed by atoms with E-state index in [1.165, 1.54) is 24.4 Å². The van der Waals surface area contributed by atoms with Crippen LogP contribution in [0.15, 0.2) is 48.8 Å². The molecule has 4 heteroatoms. The zero-order chi connectivity index (χ0) is 17.8. The Hall–Kier alpha value is -1.65. The highest BCUT2D eigenvalue weighted by Crippen LogP contribution is 2.13. The predicted octanol–water partition coefficient (Wildman–Crippen LogP) is 4.87. The summed E-state index contributed by atoms with van der Waals surface area (Å²) in [6.07, 6.45) is 5.67. The van der Waals surface area contributed by atoms with Gasteiger partial charge in [-0.1, -0.05) is 68.2 Å². The zero-order valence-corrected chi connectivity index (χ0v) is 16.1. The van der Waals surface area contributed by atoms with Gasteiger partial charge < -0.3 is 0 Å². The van der Waals surface area contributed by atoms with Crippen molar-refractivity contribution in [2.45, 2.75) is 52.0 Å². The van der Waals surface area contributed by atoms with E-state index in [1.807, 2.05) is 23.5 Å². The van der Waals surface area contributed by atoms with Crippen molar-refractivity contribution in [2.24, 2.45) is 0 Å². The molecule has 132 valence electrons. The van der Waals surface area contributed by atoms with Crippen LogP contribution in [0.3, 0.4) is 0 Å². The predicted molar refractivity (Wildman–Crippen MR) is 103 cm³/mol. The molecule has 1 aromatic rings. The average Bonchev–Trinajstić information content (AvgIpc) is 2.63. The summed E-state index contributed by atoms with van der Waals surface area (Å²) in [4.78, 5) is 21.9. The van der Waals surface area contributed by atoms with Gasteiger partial charge >= 0.3 is 5.97 Å². The van der Waals surface area contributed by atoms with E-state index in [1.54, 1.807) is 12.1 Å². The van der Waals surface area contributed by atoms with Gasteiger partial charge in [0.25, 0.3) is 0 Å². The number of hydrogen-bond acceptors (Lipinski definition) is 3. The van der Waals surface area contributed by atoms with Crippen molar-refractivity contribution in [1.82, 2.24) is 0 Å². The van der Waals surface area contributed by atoms with Gasteiger partial charge in [-0.25, -0.2) is 4.79 Å². The molecule has 0 heterocycles. The Bertz CT molecular complexity index is 514. The number of benzene rings is 1. The molecule has 0 N–H and O–H groups in total. The van der Waals surface area contributed by atoms with Gasteiger partial charge in [-0.05, 0) is 24.6 Å². The van der Waals surface area contributed by atoms with Crippen LogP contribution in [0.1, 0.15) is 56.3 Å². The summed E-state index contributed by atoms with van der Waals surface area (Å²) < 4.78 is 0. The van der Waals surface area contributed by atoms with Gasteiger partial charge in [0.2, 0.25) is 0 Å². The molecule has 0 aliphatic rings. The van der Waals surface area contributed by atoms with E-state index in [9.17, 15) is 4.79 Å². The molecule has 3 nitrogen and oxygen atoms in total. The van der Waals surface area contributed by atoms with Gasteiger partial charge in [0.1, 0.15) is 8.07 Å². The lowest BCUT2D eigenvalue weighted by molar-refractivity contribution is -0.241. The number of carbonyl (C=O) groups is 1. The molecule has 0 saturated heterocycles. The summed E-state index contributed by atoms with van der Waals surface area (Å²) in [7, 11) is -1.85. The van der Waals surface area contributed by atoms with Crippen LogP contribution in [-0.2, 0) is 9.78 Å². The van der Waals surface area contributed by atoms with Crippen molar-refractivity contribution in [3.05, 3.63) is 54.4 Å². The summed E-state index contributed by atoms with van der Waals surface area (Å²) in [5, 5.41) is 1.20. The van der Waals surface area contributed by atoms with Gasteiger partial charge in [-0.3, -0.25) is 4.89 Å². The van der Waals surface area contributed by atoms with E-state index in [0.29, 0.717) is 12.2 Å². The van der Waals surface area contributed by atoms with Crippen molar-refractivity contribution in [3.8, 4) is 0 Å². The van der Waals surface area contributed by atoms with E-state index in [0.717, 1.165) is 18.9 Å². The van der Waals surface area contributed by atoms with Gasteiger partial charge in [-0.15, -0.1) is 13.2 Å². The van der Waals surface area contributed by atoms with Crippen LogP contribution >= 0.6 is 0 Å². The molecule has 0 aliphatic heterocycles. The first-order chi connectivity index (χ1) is 11.6. The molecule has 0 fully saturated rings. The number of hydrogen-bond donors (Lipinski definition) is 0. The molecule has 0 amide bonds. The lowest BCUT2D eigenvalue weighted by atomic mass is 10.2. The SMILES string of the molecule is C=C[Si](C=C)(CC)c1ccc(C(=O)OOCCCCCCC)cc1. The van der Waals surface area contributed by atoms with E-state index in [4.69, 9.17) is 9.78 Å². The maximum Gasteiger partial charge on any atom is 0.373 e. The summed E-state index contributed by atoms with van der Waals surface area (Å²) in [6.45, 7) is 12.7. The van der Waals surface area contributed by atoms with Crippen molar-refractivity contribution in [2.75, 3.05) is 6.61 Å². The molecule has 1 aromatic carbocycles. The summed E-state index contributed by atoms with van der Waals surface area (Å²) >= 11 is 0. The highest BCUT2D eigenvalue weighted by molar-refractivity contribution is 6.99. The van der Waals surface area contributed by atoms with Gasteiger partial charge in [0, 0.05) is 0 Å². The van der Waals surface area contributed by atoms with Crippen LogP contribution in [0.2, 0.25) is 6.04 Å². The quantitative estimate of drug-likeness (QED) is 0.234. The Morgan fingerprint density at radius 2 is 1.67 bits per heavy atom. The fraction of sp³-hybridized carbons (Fsp3) is 0.450. The van der Waals surface area contributed by atoms with Crippen LogP contribution < -0.4 is 5.19 Å². The molecular weight excluding hydrogens is 316 g/mol. The highest BCUT2D eigenvalue weighted by atomic mass is 28.3. The largest absolute Gasteiger partial charge is 0.373 e. The zero-order valence-electron chi connectivity index (χ0n) is 15.1. The van der Waals surface area contributed by atoms with Crippen molar-refractivity contribution in [3.63, 3.8) is 0 Å². The molecule has 0 atom stereocenters. The molecular formula is C20H30O3Si. The third kappa shape index (κ3) is 5.76. The molecule has 0 bridgehead atoms. The number of carbonyl (C=O) groups excluding carboxylic acids is 1. The fourth-order valence-electron chi connectivity index (χ4n) is 2.64. The van der Waals surface area contributed by atoms with Crippen LogP contribution in [0, 0.1) is 0 Å². The van der Waals surface area contributed by atoms with Crippen LogP contribution in [-0.4, -0.2) is 20.7 Å². The van der Waals surface area contributed by atoms with Gasteiger partial charge in [-0.2, -0.15) is 4.89 Å². The average molecular weight is 347 g/mol. The Morgan fingerprint density at radius 3 is 2.21 bits per heavy atom. The van der Waals surface area contributed by atoms with E-state index < -0.39 is 14.0 Å². The molecule has 0 aromatic heterocycles. The third-order valence-corrected chi connectivity index (χ3v) is 8.47. The molecule has 0 unspecified atom stereocenters. The molecule has 0 radical (unpaired) electrons. The minimum absolute atomic E-state index is 0.448. The minimum Gasteiger partial charge on any atom is -0.293 e. The third-order valence-electron chi connectivity index (χ3n) is 4.44. The second-order valence-electron chi connectivity index (χ2n) is 5.99. The first-order valence-electron chi connectivity index (χ1n) is 8.85. The maximum atomic E-state index is 12.0. The Labute approximate surface area is 147 Å². The lowest BCUT2D eigenvalue weighted by Crippen LogP contribution is -2.43. The highest BCUT2D eigenvalue weighted by Gasteiger charge is 2.26. The smallest absolute Gasteiger partial charge is 0.293 e. The Morgan fingerprint density at radius 1 is 1.04 bits per heavy atom. The second kappa shape index (κ2) is 11.0. The summed E-state index contributed by atoms with van der Waals surface area (Å²) in [6, 6.07) is 8.52. The molecule has 0 spiro atoms. The van der Waals surface area contributed by atoms with Crippen molar-refractivity contribution in [1.29, 1.82) is 0 Å². The first kappa shape index (κ1) is 20.4. The van der Waals surface area contributed by atoms with Gasteiger partial charge in [0.05, 0.1) is 12.2 Å². The topological polar surface area (TPSA) is 35.5 Å². The van der Waals surface area contributed by atoms with Crippen LogP contribution in [0.4, 0.5) is 0 Å². The van der Waals surface area contributed by atoms with E-state index >= 15 is 0 Å². The van der Waals surface area contributed by atoms with Crippen molar-refractivity contribution >= 4 is 19.2 Å². The molecule has 1 rings (SSSR count). The van der Waals surface area contributed by atoms with Crippen LogP contribution in [0.5, 0.6) is 0 Å². The number of rotatable bonds is 12. The minimum atomic E-state index is -1.85. The van der Waals surface area contributed by atoms with E-state index in [2.05, 4.69) is 27.0 Å². The molecule has 24 heavy (non-hydrogen) atoms. The monoisotopic (exact) mass is 346 g/mol.